The third kappa shape index (κ3) is 2.21. The largest absolute Gasteiger partial charge is 0.397 e. The van der Waals surface area contributed by atoms with Crippen molar-refractivity contribution in [3.63, 3.8) is 0 Å². The molecule has 2 rings (SSSR count). The van der Waals surface area contributed by atoms with E-state index in [2.05, 4.69) is 24.8 Å². The lowest BCUT2D eigenvalue weighted by Gasteiger charge is -2.30. The van der Waals surface area contributed by atoms with Gasteiger partial charge in [-0.05, 0) is 37.0 Å². The van der Waals surface area contributed by atoms with Gasteiger partial charge in [-0.15, -0.1) is 0 Å². The maximum atomic E-state index is 8.96. The molecule has 1 atom stereocenters. The average Bonchev–Trinajstić information content (AvgIpc) is 2.78. The summed E-state index contributed by atoms with van der Waals surface area (Å²) in [6.07, 6.45) is 2.42. The third-order valence-electron chi connectivity index (χ3n) is 3.54. The van der Waals surface area contributed by atoms with Gasteiger partial charge in [-0.2, -0.15) is 5.26 Å². The minimum Gasteiger partial charge on any atom is -0.397 e. The number of hydrogen-bond acceptors (Lipinski definition) is 3. The van der Waals surface area contributed by atoms with Gasteiger partial charge in [0, 0.05) is 12.6 Å². The summed E-state index contributed by atoms with van der Waals surface area (Å²) in [4.78, 5) is 2.36. The zero-order valence-corrected chi connectivity index (χ0v) is 10.5. The molecule has 1 fully saturated rings. The molecule has 1 aliphatic rings. The van der Waals surface area contributed by atoms with E-state index in [4.69, 9.17) is 11.0 Å². The first-order chi connectivity index (χ1) is 8.13. The molecular formula is C14H19N3. The van der Waals surface area contributed by atoms with Crippen LogP contribution in [0.2, 0.25) is 0 Å². The van der Waals surface area contributed by atoms with Crippen LogP contribution < -0.4 is 10.6 Å². The fourth-order valence-electron chi connectivity index (χ4n) is 2.65. The van der Waals surface area contributed by atoms with Gasteiger partial charge in [0.05, 0.1) is 23.0 Å². The summed E-state index contributed by atoms with van der Waals surface area (Å²) in [5, 5.41) is 8.96. The number of nitrogen functional groups attached to an aromatic ring is 1. The Morgan fingerprint density at radius 1 is 1.47 bits per heavy atom. The van der Waals surface area contributed by atoms with Crippen LogP contribution in [0.3, 0.4) is 0 Å². The second-order valence-electron chi connectivity index (χ2n) is 5.03. The maximum absolute atomic E-state index is 8.96. The van der Waals surface area contributed by atoms with Gasteiger partial charge in [0.1, 0.15) is 0 Å². The highest BCUT2D eigenvalue weighted by atomic mass is 15.2. The molecule has 3 nitrogen and oxygen atoms in total. The van der Waals surface area contributed by atoms with Crippen molar-refractivity contribution in [1.29, 1.82) is 5.26 Å². The van der Waals surface area contributed by atoms with Crippen molar-refractivity contribution in [1.82, 2.24) is 0 Å². The van der Waals surface area contributed by atoms with E-state index in [9.17, 15) is 0 Å². The van der Waals surface area contributed by atoms with Gasteiger partial charge >= 0.3 is 0 Å². The number of nitriles is 1. The summed E-state index contributed by atoms with van der Waals surface area (Å²) < 4.78 is 0. The van der Waals surface area contributed by atoms with E-state index in [1.807, 2.05) is 12.1 Å². The number of rotatable bonds is 2. The third-order valence-corrected chi connectivity index (χ3v) is 3.54. The Morgan fingerprint density at radius 2 is 2.24 bits per heavy atom. The van der Waals surface area contributed by atoms with E-state index < -0.39 is 0 Å². The van der Waals surface area contributed by atoms with Crippen LogP contribution in [0.5, 0.6) is 0 Å². The summed E-state index contributed by atoms with van der Waals surface area (Å²) in [5.74, 6) is 0.614. The lowest BCUT2D eigenvalue weighted by molar-refractivity contribution is 0.492. The van der Waals surface area contributed by atoms with Crippen molar-refractivity contribution in [3.05, 3.63) is 23.8 Å². The van der Waals surface area contributed by atoms with Crippen LogP contribution in [0.1, 0.15) is 32.3 Å². The number of nitrogens with two attached hydrogens (primary N) is 1. The van der Waals surface area contributed by atoms with Crippen molar-refractivity contribution >= 4 is 11.4 Å². The van der Waals surface area contributed by atoms with Gasteiger partial charge in [-0.25, -0.2) is 0 Å². The van der Waals surface area contributed by atoms with Gasteiger partial charge in [0.2, 0.25) is 0 Å². The van der Waals surface area contributed by atoms with Crippen LogP contribution in [-0.2, 0) is 0 Å². The SMILES string of the molecule is CC(C)C1CCCN1c1cc(C#N)ccc1N. The van der Waals surface area contributed by atoms with E-state index in [-0.39, 0.29) is 0 Å². The minimum atomic E-state index is 0.547. The highest BCUT2D eigenvalue weighted by molar-refractivity contribution is 5.70. The lowest BCUT2D eigenvalue weighted by atomic mass is 10.0. The average molecular weight is 229 g/mol. The normalized spacial score (nSPS) is 19.6. The molecule has 2 N–H and O–H groups in total. The fraction of sp³-hybridized carbons (Fsp3) is 0.500. The Balaban J connectivity index is 2.36. The van der Waals surface area contributed by atoms with Gasteiger partial charge in [0.15, 0.2) is 0 Å². The summed E-state index contributed by atoms with van der Waals surface area (Å²) in [5.41, 5.74) is 8.52. The molecule has 1 aliphatic heterocycles. The van der Waals surface area contributed by atoms with Crippen molar-refractivity contribution in [2.24, 2.45) is 5.92 Å². The number of anilines is 2. The Bertz CT molecular complexity index is 445. The molecule has 1 aromatic carbocycles. The van der Waals surface area contributed by atoms with E-state index in [1.165, 1.54) is 12.8 Å². The van der Waals surface area contributed by atoms with Gasteiger partial charge < -0.3 is 10.6 Å². The summed E-state index contributed by atoms with van der Waals surface area (Å²) in [6.45, 7) is 5.53. The van der Waals surface area contributed by atoms with Crippen molar-refractivity contribution in [2.75, 3.05) is 17.2 Å². The molecule has 0 amide bonds. The monoisotopic (exact) mass is 229 g/mol. The Kier molecular flexibility index (Phi) is 3.23. The Labute approximate surface area is 103 Å². The van der Waals surface area contributed by atoms with Crippen molar-refractivity contribution in [3.8, 4) is 6.07 Å². The first kappa shape index (κ1) is 11.8. The molecule has 0 bridgehead atoms. The molecule has 17 heavy (non-hydrogen) atoms. The second kappa shape index (κ2) is 4.67. The highest BCUT2D eigenvalue weighted by Gasteiger charge is 2.28. The summed E-state index contributed by atoms with van der Waals surface area (Å²) >= 11 is 0. The molecule has 1 aromatic rings. The molecule has 1 heterocycles. The molecule has 0 spiro atoms. The number of hydrogen-bond donors (Lipinski definition) is 1. The van der Waals surface area contributed by atoms with Crippen molar-refractivity contribution < 1.29 is 0 Å². The number of nitrogens with zero attached hydrogens (tertiary/aromatic N) is 2. The van der Waals surface area contributed by atoms with Crippen LogP contribution in [0.4, 0.5) is 11.4 Å². The molecule has 3 heteroatoms. The van der Waals surface area contributed by atoms with E-state index >= 15 is 0 Å². The molecule has 90 valence electrons. The second-order valence-corrected chi connectivity index (χ2v) is 5.03. The zero-order chi connectivity index (χ0) is 12.4. The molecule has 0 aliphatic carbocycles. The Morgan fingerprint density at radius 3 is 2.88 bits per heavy atom. The van der Waals surface area contributed by atoms with Crippen LogP contribution in [0.25, 0.3) is 0 Å². The van der Waals surface area contributed by atoms with Gasteiger partial charge in [-0.3, -0.25) is 0 Å². The molecule has 0 saturated carbocycles. The van der Waals surface area contributed by atoms with E-state index in [1.54, 1.807) is 6.07 Å². The molecule has 1 unspecified atom stereocenters. The van der Waals surface area contributed by atoms with Crippen molar-refractivity contribution in [2.45, 2.75) is 32.7 Å². The Hall–Kier alpha value is -1.69. The van der Waals surface area contributed by atoms with Crippen LogP contribution in [0, 0.1) is 17.2 Å². The first-order valence-corrected chi connectivity index (χ1v) is 6.19. The fourth-order valence-corrected chi connectivity index (χ4v) is 2.65. The predicted molar refractivity (Wildman–Crippen MR) is 70.8 cm³/mol. The highest BCUT2D eigenvalue weighted by Crippen LogP contribution is 2.33. The minimum absolute atomic E-state index is 0.547. The van der Waals surface area contributed by atoms with Gasteiger partial charge in [-0.1, -0.05) is 13.8 Å². The maximum Gasteiger partial charge on any atom is 0.0992 e. The van der Waals surface area contributed by atoms with Crippen LogP contribution in [0.15, 0.2) is 18.2 Å². The quantitative estimate of drug-likeness (QED) is 0.793. The predicted octanol–water partition coefficient (Wildman–Crippen LogP) is 2.77. The lowest BCUT2D eigenvalue weighted by Crippen LogP contribution is -2.33. The van der Waals surface area contributed by atoms with Gasteiger partial charge in [0.25, 0.3) is 0 Å². The standard InChI is InChI=1S/C14H19N3/c1-10(2)13-4-3-7-17(13)14-8-11(9-15)5-6-12(14)16/h5-6,8,10,13H,3-4,7,16H2,1-2H3. The van der Waals surface area contributed by atoms with E-state index in [0.29, 0.717) is 17.5 Å². The van der Waals surface area contributed by atoms with Crippen LogP contribution >= 0.6 is 0 Å². The summed E-state index contributed by atoms with van der Waals surface area (Å²) in [6, 6.07) is 8.25. The zero-order valence-electron chi connectivity index (χ0n) is 10.5. The topological polar surface area (TPSA) is 53.0 Å². The number of benzene rings is 1. The molecule has 1 saturated heterocycles. The molecule has 0 aromatic heterocycles. The molecular weight excluding hydrogens is 210 g/mol. The van der Waals surface area contributed by atoms with Crippen LogP contribution in [-0.4, -0.2) is 12.6 Å². The molecule has 0 radical (unpaired) electrons. The first-order valence-electron chi connectivity index (χ1n) is 6.19. The van der Waals surface area contributed by atoms with E-state index in [0.717, 1.165) is 17.9 Å². The summed E-state index contributed by atoms with van der Waals surface area (Å²) in [7, 11) is 0. The smallest absolute Gasteiger partial charge is 0.0992 e.